The highest BCUT2D eigenvalue weighted by Crippen LogP contribution is 2.55. The SMILES string of the molecule is FCC1(CF)CC2(C1)NCC1(CC1)CO2. The molecule has 3 aliphatic rings. The summed E-state index contributed by atoms with van der Waals surface area (Å²) >= 11 is 0. The van der Waals surface area contributed by atoms with Gasteiger partial charge >= 0.3 is 0 Å². The molecule has 2 nitrogen and oxygen atoms in total. The summed E-state index contributed by atoms with van der Waals surface area (Å²) in [4.78, 5) is 0. The second-order valence-corrected chi connectivity index (χ2v) is 5.76. The molecule has 1 N–H and O–H groups in total. The van der Waals surface area contributed by atoms with Crippen LogP contribution in [0, 0.1) is 10.8 Å². The van der Waals surface area contributed by atoms with Crippen molar-refractivity contribution in [1.82, 2.24) is 5.32 Å². The Bertz CT molecular complexity index is 254. The van der Waals surface area contributed by atoms with Crippen LogP contribution in [0.5, 0.6) is 0 Å². The highest BCUT2D eigenvalue weighted by Gasteiger charge is 2.60. The maximum atomic E-state index is 12.7. The van der Waals surface area contributed by atoms with Gasteiger partial charge in [-0.15, -0.1) is 0 Å². The van der Waals surface area contributed by atoms with Crippen molar-refractivity contribution in [3.63, 3.8) is 0 Å². The lowest BCUT2D eigenvalue weighted by molar-refractivity contribution is -0.226. The third kappa shape index (κ3) is 1.41. The number of ether oxygens (including phenoxy) is 1. The van der Waals surface area contributed by atoms with Gasteiger partial charge in [0, 0.05) is 30.2 Å². The van der Waals surface area contributed by atoms with Crippen molar-refractivity contribution in [1.29, 1.82) is 0 Å². The zero-order chi connectivity index (χ0) is 10.6. The van der Waals surface area contributed by atoms with Gasteiger partial charge in [0.15, 0.2) is 0 Å². The predicted molar refractivity (Wildman–Crippen MR) is 52.0 cm³/mol. The summed E-state index contributed by atoms with van der Waals surface area (Å²) in [7, 11) is 0. The third-order valence-electron chi connectivity index (χ3n) is 4.29. The van der Waals surface area contributed by atoms with Gasteiger partial charge < -0.3 is 4.74 Å². The van der Waals surface area contributed by atoms with E-state index in [1.807, 2.05) is 0 Å². The van der Waals surface area contributed by atoms with E-state index in [9.17, 15) is 8.78 Å². The number of alkyl halides is 2. The van der Waals surface area contributed by atoms with E-state index < -0.39 is 24.5 Å². The van der Waals surface area contributed by atoms with Crippen LogP contribution in [0.3, 0.4) is 0 Å². The second kappa shape index (κ2) is 2.92. The van der Waals surface area contributed by atoms with Gasteiger partial charge in [-0.05, 0) is 12.8 Å². The third-order valence-corrected chi connectivity index (χ3v) is 4.29. The summed E-state index contributed by atoms with van der Waals surface area (Å²) in [6.45, 7) is 0.596. The molecule has 0 aromatic carbocycles. The van der Waals surface area contributed by atoms with Gasteiger partial charge in [0.05, 0.1) is 20.0 Å². The molecule has 1 aliphatic heterocycles. The molecule has 2 saturated carbocycles. The Morgan fingerprint density at radius 1 is 1.13 bits per heavy atom. The lowest BCUT2D eigenvalue weighted by Gasteiger charge is -2.56. The normalized spacial score (nSPS) is 34.0. The van der Waals surface area contributed by atoms with Crippen LogP contribution in [0.4, 0.5) is 8.78 Å². The first-order valence-corrected chi connectivity index (χ1v) is 5.67. The van der Waals surface area contributed by atoms with Crippen molar-refractivity contribution in [3.05, 3.63) is 0 Å². The Hall–Kier alpha value is -0.220. The first-order valence-electron chi connectivity index (χ1n) is 5.67. The minimum Gasteiger partial charge on any atom is -0.360 e. The summed E-state index contributed by atoms with van der Waals surface area (Å²) in [6.07, 6.45) is 3.44. The number of hydrogen-bond donors (Lipinski definition) is 1. The first kappa shape index (κ1) is 9.97. The molecule has 1 saturated heterocycles. The van der Waals surface area contributed by atoms with Crippen LogP contribution in [-0.4, -0.2) is 32.2 Å². The number of halogens is 2. The molecular weight excluding hydrogens is 200 g/mol. The highest BCUT2D eigenvalue weighted by molar-refractivity contribution is 5.09. The maximum Gasteiger partial charge on any atom is 0.120 e. The Balaban J connectivity index is 1.61. The molecule has 0 radical (unpaired) electrons. The van der Waals surface area contributed by atoms with Crippen LogP contribution in [0.25, 0.3) is 0 Å². The molecule has 0 atom stereocenters. The summed E-state index contributed by atoms with van der Waals surface area (Å²) in [5.41, 5.74) is -0.776. The molecule has 0 bridgehead atoms. The Morgan fingerprint density at radius 3 is 2.20 bits per heavy atom. The van der Waals surface area contributed by atoms with Crippen molar-refractivity contribution in [2.24, 2.45) is 10.8 Å². The molecule has 1 heterocycles. The quantitative estimate of drug-likeness (QED) is 0.761. The molecule has 2 spiro atoms. The average molecular weight is 217 g/mol. The monoisotopic (exact) mass is 217 g/mol. The standard InChI is InChI=1S/C11H17F2NO/c12-5-10(6-13)3-11(4-10)14-7-9(1-2-9)8-15-11/h14H,1-8H2. The van der Waals surface area contributed by atoms with Crippen LogP contribution in [0.1, 0.15) is 25.7 Å². The predicted octanol–water partition coefficient (Wildman–Crippen LogP) is 1.80. The van der Waals surface area contributed by atoms with Crippen LogP contribution in [-0.2, 0) is 4.74 Å². The molecule has 0 aromatic heterocycles. The van der Waals surface area contributed by atoms with E-state index in [0.717, 1.165) is 13.2 Å². The fraction of sp³-hybridized carbons (Fsp3) is 1.00. The number of rotatable bonds is 2. The van der Waals surface area contributed by atoms with E-state index in [0.29, 0.717) is 18.3 Å². The lowest BCUT2D eigenvalue weighted by Crippen LogP contribution is -2.67. The largest absolute Gasteiger partial charge is 0.360 e. The molecule has 0 amide bonds. The molecular formula is C11H17F2NO. The van der Waals surface area contributed by atoms with Crippen LogP contribution >= 0.6 is 0 Å². The van der Waals surface area contributed by atoms with Crippen molar-refractivity contribution in [3.8, 4) is 0 Å². The van der Waals surface area contributed by atoms with Crippen LogP contribution in [0.15, 0.2) is 0 Å². The van der Waals surface area contributed by atoms with Crippen LogP contribution < -0.4 is 5.32 Å². The van der Waals surface area contributed by atoms with Gasteiger partial charge in [0.2, 0.25) is 0 Å². The van der Waals surface area contributed by atoms with Gasteiger partial charge in [-0.2, -0.15) is 0 Å². The minimum absolute atomic E-state index is 0.370. The molecule has 3 rings (SSSR count). The molecule has 86 valence electrons. The minimum atomic E-state index is -0.749. The van der Waals surface area contributed by atoms with Crippen molar-refractivity contribution >= 4 is 0 Å². The maximum absolute atomic E-state index is 12.7. The molecule has 0 unspecified atom stereocenters. The molecule has 0 aromatic rings. The topological polar surface area (TPSA) is 21.3 Å². The summed E-state index contributed by atoms with van der Waals surface area (Å²) in [6, 6.07) is 0. The van der Waals surface area contributed by atoms with Gasteiger partial charge in [-0.25, -0.2) is 0 Å². The Kier molecular flexibility index (Phi) is 1.94. The lowest BCUT2D eigenvalue weighted by atomic mass is 9.63. The van der Waals surface area contributed by atoms with E-state index in [-0.39, 0.29) is 0 Å². The second-order valence-electron chi connectivity index (χ2n) is 5.76. The van der Waals surface area contributed by atoms with E-state index in [2.05, 4.69) is 5.32 Å². The summed E-state index contributed by atoms with van der Waals surface area (Å²) in [5, 5.41) is 3.35. The van der Waals surface area contributed by atoms with Crippen molar-refractivity contribution in [2.75, 3.05) is 26.5 Å². The summed E-state index contributed by atoms with van der Waals surface area (Å²) in [5.74, 6) is 0. The fourth-order valence-electron chi connectivity index (χ4n) is 2.85. The van der Waals surface area contributed by atoms with E-state index in [1.54, 1.807) is 0 Å². The fourth-order valence-corrected chi connectivity index (χ4v) is 2.85. The van der Waals surface area contributed by atoms with Gasteiger partial charge in [0.25, 0.3) is 0 Å². The van der Waals surface area contributed by atoms with Crippen molar-refractivity contribution in [2.45, 2.75) is 31.4 Å². The zero-order valence-electron chi connectivity index (χ0n) is 8.82. The van der Waals surface area contributed by atoms with E-state index >= 15 is 0 Å². The van der Waals surface area contributed by atoms with Gasteiger partial charge in [0.1, 0.15) is 5.72 Å². The zero-order valence-corrected chi connectivity index (χ0v) is 8.82. The smallest absolute Gasteiger partial charge is 0.120 e. The molecule has 4 heteroatoms. The van der Waals surface area contributed by atoms with E-state index in [1.165, 1.54) is 12.8 Å². The molecule has 15 heavy (non-hydrogen) atoms. The first-order chi connectivity index (χ1) is 7.16. The highest BCUT2D eigenvalue weighted by atomic mass is 19.1. The van der Waals surface area contributed by atoms with Gasteiger partial charge in [-0.3, -0.25) is 14.1 Å². The molecule has 2 aliphatic carbocycles. The van der Waals surface area contributed by atoms with Gasteiger partial charge in [-0.1, -0.05) is 0 Å². The number of hydrogen-bond acceptors (Lipinski definition) is 2. The molecule has 3 fully saturated rings. The van der Waals surface area contributed by atoms with E-state index in [4.69, 9.17) is 4.74 Å². The Morgan fingerprint density at radius 2 is 1.80 bits per heavy atom. The summed E-state index contributed by atoms with van der Waals surface area (Å²) < 4.78 is 31.1. The van der Waals surface area contributed by atoms with Crippen LogP contribution in [0.2, 0.25) is 0 Å². The number of nitrogens with one attached hydrogen (secondary N) is 1. The average Bonchev–Trinajstić information content (AvgIpc) is 2.97. The Labute approximate surface area is 88.4 Å². The van der Waals surface area contributed by atoms with Crippen molar-refractivity contribution < 1.29 is 13.5 Å².